The number of aromatic amines is 1. The summed E-state index contributed by atoms with van der Waals surface area (Å²) in [5, 5.41) is 16.1. The van der Waals surface area contributed by atoms with Gasteiger partial charge < -0.3 is 15.2 Å². The quantitative estimate of drug-likeness (QED) is 0.633. The zero-order valence-electron chi connectivity index (χ0n) is 15.7. The fourth-order valence-electron chi connectivity index (χ4n) is 3.20. The third-order valence-corrected chi connectivity index (χ3v) is 4.43. The summed E-state index contributed by atoms with van der Waals surface area (Å²) in [6.07, 6.45) is 2.58. The highest BCUT2D eigenvalue weighted by molar-refractivity contribution is 5.90. The monoisotopic (exact) mass is 375 g/mol. The molecule has 0 spiro atoms. The Hall–Kier alpha value is -2.75. The summed E-state index contributed by atoms with van der Waals surface area (Å²) in [4.78, 5) is 30.7. The lowest BCUT2D eigenvalue weighted by Crippen LogP contribution is -2.45. The molecule has 2 aromatic heterocycles. The molecule has 27 heavy (non-hydrogen) atoms. The number of hydrogen-bond acceptors (Lipinski definition) is 7. The summed E-state index contributed by atoms with van der Waals surface area (Å²) in [7, 11) is 0. The Morgan fingerprint density at radius 3 is 2.89 bits per heavy atom. The van der Waals surface area contributed by atoms with E-state index in [0.29, 0.717) is 25.3 Å². The SMILES string of the molecule is CCc1cc(CN2C[C@H](NC(=O)c3ncn[nH]3)C[C@H]2C(=O)NC(C)C)on1. The molecule has 0 bridgehead atoms. The van der Waals surface area contributed by atoms with E-state index in [4.69, 9.17) is 4.52 Å². The van der Waals surface area contributed by atoms with Gasteiger partial charge in [-0.25, -0.2) is 4.98 Å². The van der Waals surface area contributed by atoms with Crippen molar-refractivity contribution in [3.05, 3.63) is 29.7 Å². The number of carbonyl (C=O) groups excluding carboxylic acids is 2. The van der Waals surface area contributed by atoms with E-state index in [1.54, 1.807) is 0 Å². The second-order valence-electron chi connectivity index (χ2n) is 6.99. The van der Waals surface area contributed by atoms with Gasteiger partial charge in [-0.2, -0.15) is 5.10 Å². The number of amides is 2. The molecule has 1 aliphatic rings. The van der Waals surface area contributed by atoms with Crippen molar-refractivity contribution in [1.82, 2.24) is 35.9 Å². The van der Waals surface area contributed by atoms with Gasteiger partial charge in [-0.15, -0.1) is 0 Å². The molecular weight excluding hydrogens is 350 g/mol. The van der Waals surface area contributed by atoms with Gasteiger partial charge in [-0.1, -0.05) is 12.1 Å². The zero-order chi connectivity index (χ0) is 19.4. The molecule has 146 valence electrons. The molecule has 10 nitrogen and oxygen atoms in total. The van der Waals surface area contributed by atoms with E-state index in [1.807, 2.05) is 31.7 Å². The summed E-state index contributed by atoms with van der Waals surface area (Å²) in [6, 6.07) is 1.40. The van der Waals surface area contributed by atoms with Gasteiger partial charge in [0.05, 0.1) is 18.3 Å². The van der Waals surface area contributed by atoms with Crippen molar-refractivity contribution in [2.45, 2.75) is 58.3 Å². The van der Waals surface area contributed by atoms with Crippen LogP contribution in [0.4, 0.5) is 0 Å². The molecule has 2 atom stereocenters. The molecular formula is C17H25N7O3. The zero-order valence-corrected chi connectivity index (χ0v) is 15.7. The average molecular weight is 375 g/mol. The maximum absolute atomic E-state index is 12.6. The van der Waals surface area contributed by atoms with Crippen molar-refractivity contribution >= 4 is 11.8 Å². The van der Waals surface area contributed by atoms with Crippen LogP contribution in [0.25, 0.3) is 0 Å². The minimum atomic E-state index is -0.359. The summed E-state index contributed by atoms with van der Waals surface area (Å²) in [5.41, 5.74) is 0.877. The number of hydrogen-bond donors (Lipinski definition) is 3. The average Bonchev–Trinajstić information content (AvgIpc) is 3.35. The van der Waals surface area contributed by atoms with Crippen molar-refractivity contribution < 1.29 is 14.1 Å². The van der Waals surface area contributed by atoms with Crippen LogP contribution < -0.4 is 10.6 Å². The molecule has 3 rings (SSSR count). The minimum absolute atomic E-state index is 0.0409. The van der Waals surface area contributed by atoms with E-state index >= 15 is 0 Å². The van der Waals surface area contributed by atoms with Crippen LogP contribution >= 0.6 is 0 Å². The first-order valence-electron chi connectivity index (χ1n) is 9.11. The Morgan fingerprint density at radius 2 is 2.26 bits per heavy atom. The van der Waals surface area contributed by atoms with E-state index in [1.165, 1.54) is 6.33 Å². The Kier molecular flexibility index (Phi) is 5.84. The van der Waals surface area contributed by atoms with Crippen LogP contribution in [0, 0.1) is 0 Å². The van der Waals surface area contributed by atoms with E-state index in [0.717, 1.165) is 12.1 Å². The van der Waals surface area contributed by atoms with Crippen LogP contribution in [0.2, 0.25) is 0 Å². The number of nitrogens with zero attached hydrogens (tertiary/aromatic N) is 4. The second kappa shape index (κ2) is 8.30. The van der Waals surface area contributed by atoms with E-state index in [9.17, 15) is 9.59 Å². The summed E-state index contributed by atoms with van der Waals surface area (Å²) in [6.45, 7) is 6.83. The van der Waals surface area contributed by atoms with Gasteiger partial charge in [0.15, 0.2) is 5.76 Å². The molecule has 0 radical (unpaired) electrons. The van der Waals surface area contributed by atoms with Gasteiger partial charge in [0.1, 0.15) is 6.33 Å². The summed E-state index contributed by atoms with van der Waals surface area (Å²) < 4.78 is 5.37. The molecule has 0 saturated carbocycles. The number of nitrogens with one attached hydrogen (secondary N) is 3. The number of H-pyrrole nitrogens is 1. The molecule has 3 N–H and O–H groups in total. The Morgan fingerprint density at radius 1 is 1.44 bits per heavy atom. The molecule has 1 fully saturated rings. The number of likely N-dealkylation sites (tertiary alicyclic amines) is 1. The van der Waals surface area contributed by atoms with Crippen molar-refractivity contribution in [1.29, 1.82) is 0 Å². The van der Waals surface area contributed by atoms with E-state index < -0.39 is 0 Å². The van der Waals surface area contributed by atoms with Crippen molar-refractivity contribution in [3.63, 3.8) is 0 Å². The van der Waals surface area contributed by atoms with Crippen molar-refractivity contribution in [2.75, 3.05) is 6.54 Å². The largest absolute Gasteiger partial charge is 0.360 e. The first-order chi connectivity index (χ1) is 13.0. The van der Waals surface area contributed by atoms with Crippen LogP contribution in [0.1, 0.15) is 49.3 Å². The molecule has 0 aromatic carbocycles. The Labute approximate surface area is 157 Å². The molecule has 2 aromatic rings. The number of aromatic nitrogens is 4. The van der Waals surface area contributed by atoms with Gasteiger partial charge in [-0.3, -0.25) is 19.6 Å². The first-order valence-corrected chi connectivity index (χ1v) is 9.11. The van der Waals surface area contributed by atoms with Gasteiger partial charge in [-0.05, 0) is 26.7 Å². The van der Waals surface area contributed by atoms with E-state index in [2.05, 4.69) is 31.0 Å². The molecule has 10 heteroatoms. The van der Waals surface area contributed by atoms with Crippen molar-refractivity contribution in [2.24, 2.45) is 0 Å². The number of carbonyl (C=O) groups is 2. The third-order valence-electron chi connectivity index (χ3n) is 4.43. The van der Waals surface area contributed by atoms with Crippen LogP contribution in [0.15, 0.2) is 16.9 Å². The first kappa shape index (κ1) is 19.0. The van der Waals surface area contributed by atoms with Crippen molar-refractivity contribution in [3.8, 4) is 0 Å². The molecule has 2 amide bonds. The van der Waals surface area contributed by atoms with Gasteiger partial charge >= 0.3 is 0 Å². The highest BCUT2D eigenvalue weighted by Gasteiger charge is 2.38. The summed E-state index contributed by atoms with van der Waals surface area (Å²) in [5.74, 6) is 0.461. The molecule has 1 aliphatic heterocycles. The smallest absolute Gasteiger partial charge is 0.288 e. The molecule has 0 aliphatic carbocycles. The predicted octanol–water partition coefficient (Wildman–Crippen LogP) is 0.253. The standard InChI is InChI=1S/C17H25N7O3/c1-4-11-5-13(27-23-11)8-24-7-12(6-14(24)16(25)20-10(2)3)21-17(26)15-18-9-19-22-15/h5,9-10,12,14H,4,6-8H2,1-3H3,(H,20,25)(H,21,26)(H,18,19,22)/t12-,14+/m1/s1. The lowest BCUT2D eigenvalue weighted by Gasteiger charge is -2.23. The second-order valence-corrected chi connectivity index (χ2v) is 6.99. The number of aryl methyl sites for hydroxylation is 1. The van der Waals surface area contributed by atoms with Crippen LogP contribution in [0.3, 0.4) is 0 Å². The molecule has 0 unspecified atom stereocenters. The number of rotatable bonds is 7. The highest BCUT2D eigenvalue weighted by atomic mass is 16.5. The maximum Gasteiger partial charge on any atom is 0.288 e. The van der Waals surface area contributed by atoms with E-state index in [-0.39, 0.29) is 35.8 Å². The fourth-order valence-corrected chi connectivity index (χ4v) is 3.20. The minimum Gasteiger partial charge on any atom is -0.360 e. The van der Waals surface area contributed by atoms with Gasteiger partial charge in [0, 0.05) is 24.7 Å². The molecule has 3 heterocycles. The van der Waals surface area contributed by atoms with Crippen LogP contribution in [-0.2, 0) is 17.8 Å². The normalized spacial score (nSPS) is 20.1. The van der Waals surface area contributed by atoms with Crippen LogP contribution in [-0.4, -0.2) is 61.7 Å². The molecule has 1 saturated heterocycles. The van der Waals surface area contributed by atoms with Gasteiger partial charge in [0.2, 0.25) is 11.7 Å². The third kappa shape index (κ3) is 4.70. The topological polar surface area (TPSA) is 129 Å². The lowest BCUT2D eigenvalue weighted by molar-refractivity contribution is -0.126. The Balaban J connectivity index is 1.69. The maximum atomic E-state index is 12.6. The Bertz CT molecular complexity index is 771. The lowest BCUT2D eigenvalue weighted by atomic mass is 10.1. The predicted molar refractivity (Wildman–Crippen MR) is 95.6 cm³/mol. The van der Waals surface area contributed by atoms with Gasteiger partial charge in [0.25, 0.3) is 5.91 Å². The van der Waals surface area contributed by atoms with Crippen LogP contribution in [0.5, 0.6) is 0 Å². The highest BCUT2D eigenvalue weighted by Crippen LogP contribution is 2.22. The summed E-state index contributed by atoms with van der Waals surface area (Å²) >= 11 is 0. The fraction of sp³-hybridized carbons (Fsp3) is 0.588.